The molecular weight excluding hydrogens is 495 g/mol. The second kappa shape index (κ2) is 9.12. The zero-order valence-electron chi connectivity index (χ0n) is 17.6. The predicted molar refractivity (Wildman–Crippen MR) is 126 cm³/mol. The predicted octanol–water partition coefficient (Wildman–Crippen LogP) is -0.0336. The van der Waals surface area contributed by atoms with Crippen LogP contribution >= 0.6 is 24.0 Å². The Hall–Kier alpha value is -1.20. The standard InChI is InChI=1S/C21H32N6O2.HI/c1-22-21(24-12-16-13-25-7-9-26(16)10-8-25)23-5-2-6-27-19(28)17-14-3-4-15(11-14)18(17)20(27)29;/h3-4,14-18H,2,5-13H2,1H3,(H2,22,23,24);1H. The zero-order chi connectivity index (χ0) is 20.0. The van der Waals surface area contributed by atoms with Gasteiger partial charge in [-0.2, -0.15) is 0 Å². The number of nitrogens with one attached hydrogen (secondary N) is 2. The van der Waals surface area contributed by atoms with Gasteiger partial charge in [-0.15, -0.1) is 24.0 Å². The minimum atomic E-state index is -0.0866. The number of aliphatic imine (C=N–C) groups is 1. The highest BCUT2D eigenvalue weighted by molar-refractivity contribution is 14.0. The van der Waals surface area contributed by atoms with Gasteiger partial charge in [-0.25, -0.2) is 0 Å². The van der Waals surface area contributed by atoms with Gasteiger partial charge in [-0.1, -0.05) is 12.2 Å². The number of guanidine groups is 1. The first-order valence-corrected chi connectivity index (χ1v) is 11.1. The van der Waals surface area contributed by atoms with Crippen molar-refractivity contribution in [3.05, 3.63) is 12.2 Å². The van der Waals surface area contributed by atoms with E-state index in [2.05, 4.69) is 37.6 Å². The van der Waals surface area contributed by atoms with Crippen LogP contribution in [0.2, 0.25) is 0 Å². The van der Waals surface area contributed by atoms with Crippen molar-refractivity contribution in [2.75, 3.05) is 59.4 Å². The average molecular weight is 528 g/mol. The van der Waals surface area contributed by atoms with Gasteiger partial charge in [0.1, 0.15) is 0 Å². The second-order valence-electron chi connectivity index (χ2n) is 9.05. The van der Waals surface area contributed by atoms with Crippen molar-refractivity contribution in [1.82, 2.24) is 25.3 Å². The first-order chi connectivity index (χ1) is 14.2. The number of hydrogen-bond acceptors (Lipinski definition) is 5. The first-order valence-electron chi connectivity index (χ1n) is 11.1. The molecule has 6 aliphatic rings. The van der Waals surface area contributed by atoms with Crippen LogP contribution in [-0.2, 0) is 9.59 Å². The third-order valence-corrected chi connectivity index (χ3v) is 7.53. The van der Waals surface area contributed by atoms with E-state index in [1.165, 1.54) is 18.0 Å². The summed E-state index contributed by atoms with van der Waals surface area (Å²) < 4.78 is 0. The number of fused-ring (bicyclic) bond motifs is 8. The van der Waals surface area contributed by atoms with Gasteiger partial charge in [0.15, 0.2) is 5.96 Å². The quantitative estimate of drug-likeness (QED) is 0.126. The number of amides is 2. The highest BCUT2D eigenvalue weighted by atomic mass is 127. The Morgan fingerprint density at radius 3 is 2.30 bits per heavy atom. The number of rotatable bonds is 6. The molecule has 2 aliphatic carbocycles. The van der Waals surface area contributed by atoms with Crippen LogP contribution in [0, 0.1) is 23.7 Å². The Kier molecular flexibility index (Phi) is 6.69. The number of likely N-dealkylation sites (tertiary alicyclic amines) is 1. The van der Waals surface area contributed by atoms with Crippen LogP contribution < -0.4 is 10.6 Å². The van der Waals surface area contributed by atoms with Crippen molar-refractivity contribution < 1.29 is 9.59 Å². The number of hydrogen-bond donors (Lipinski definition) is 2. The molecule has 2 amide bonds. The van der Waals surface area contributed by atoms with E-state index in [0.717, 1.165) is 45.0 Å². The molecule has 0 radical (unpaired) electrons. The number of nitrogens with zero attached hydrogens (tertiary/aromatic N) is 4. The number of piperazine rings is 3. The second-order valence-corrected chi connectivity index (χ2v) is 9.05. The van der Waals surface area contributed by atoms with Crippen molar-refractivity contribution in [3.63, 3.8) is 0 Å². The Bertz CT molecular complexity index is 705. The summed E-state index contributed by atoms with van der Waals surface area (Å²) in [6.07, 6.45) is 6.01. The van der Waals surface area contributed by atoms with Crippen LogP contribution in [0.4, 0.5) is 0 Å². The van der Waals surface area contributed by atoms with Crippen molar-refractivity contribution in [2.45, 2.75) is 18.9 Å². The molecule has 2 N–H and O–H groups in total. The fourth-order valence-corrected chi connectivity index (χ4v) is 5.98. The first kappa shape index (κ1) is 22.0. The van der Waals surface area contributed by atoms with Gasteiger partial charge in [-0.05, 0) is 24.7 Å². The van der Waals surface area contributed by atoms with E-state index in [1.807, 2.05) is 0 Å². The summed E-state index contributed by atoms with van der Waals surface area (Å²) in [5.41, 5.74) is 0. The molecule has 9 heteroatoms. The van der Waals surface area contributed by atoms with Crippen LogP contribution in [0.5, 0.6) is 0 Å². The van der Waals surface area contributed by atoms with E-state index in [9.17, 15) is 9.59 Å². The van der Waals surface area contributed by atoms with Crippen molar-refractivity contribution in [3.8, 4) is 0 Å². The summed E-state index contributed by atoms with van der Waals surface area (Å²) in [5, 5.41) is 6.77. The maximum absolute atomic E-state index is 12.7. The zero-order valence-corrected chi connectivity index (χ0v) is 20.0. The average Bonchev–Trinajstić information content (AvgIpc) is 3.43. The van der Waals surface area contributed by atoms with Crippen LogP contribution in [0.15, 0.2) is 17.1 Å². The lowest BCUT2D eigenvalue weighted by Gasteiger charge is -2.47. The molecule has 0 aromatic carbocycles. The maximum atomic E-state index is 12.7. The van der Waals surface area contributed by atoms with Crippen molar-refractivity contribution in [1.29, 1.82) is 0 Å². The summed E-state index contributed by atoms with van der Waals surface area (Å²) in [4.78, 5) is 36.4. The lowest BCUT2D eigenvalue weighted by molar-refractivity contribution is -0.140. The normalized spacial score (nSPS) is 38.8. The summed E-state index contributed by atoms with van der Waals surface area (Å²) in [6.45, 7) is 7.91. The molecule has 6 rings (SSSR count). The lowest BCUT2D eigenvalue weighted by atomic mass is 9.85. The maximum Gasteiger partial charge on any atom is 0.233 e. The van der Waals surface area contributed by atoms with E-state index in [4.69, 9.17) is 0 Å². The largest absolute Gasteiger partial charge is 0.356 e. The molecule has 1 saturated carbocycles. The highest BCUT2D eigenvalue weighted by Crippen LogP contribution is 2.52. The molecule has 8 nitrogen and oxygen atoms in total. The third kappa shape index (κ3) is 3.88. The Labute approximate surface area is 195 Å². The van der Waals surface area contributed by atoms with Gasteiger partial charge in [0.25, 0.3) is 0 Å². The van der Waals surface area contributed by atoms with Gasteiger partial charge in [0.2, 0.25) is 11.8 Å². The SMILES string of the molecule is CN=C(NCCCN1C(=O)C2C3C=CC(C3)C2C1=O)NCC1CN2CCN1CC2.I. The number of carbonyl (C=O) groups excluding carboxylic acids is 2. The minimum absolute atomic E-state index is 0. The molecule has 4 bridgehead atoms. The molecule has 30 heavy (non-hydrogen) atoms. The number of carbonyl (C=O) groups is 2. The highest BCUT2D eigenvalue weighted by Gasteiger charge is 2.58. The van der Waals surface area contributed by atoms with E-state index >= 15 is 0 Å². The monoisotopic (exact) mass is 528 g/mol. The molecule has 166 valence electrons. The van der Waals surface area contributed by atoms with E-state index in [-0.39, 0.29) is 59.5 Å². The Morgan fingerprint density at radius 1 is 1.07 bits per heavy atom. The molecule has 5 unspecified atom stereocenters. The minimum Gasteiger partial charge on any atom is -0.356 e. The molecule has 0 aromatic heterocycles. The van der Waals surface area contributed by atoms with Gasteiger partial charge in [0.05, 0.1) is 11.8 Å². The lowest BCUT2D eigenvalue weighted by Crippen LogP contribution is -2.63. The summed E-state index contributed by atoms with van der Waals surface area (Å²) in [6, 6.07) is 0.541. The Balaban J connectivity index is 0.00000218. The van der Waals surface area contributed by atoms with Gasteiger partial charge < -0.3 is 10.6 Å². The van der Waals surface area contributed by atoms with E-state index < -0.39 is 0 Å². The molecule has 4 saturated heterocycles. The Morgan fingerprint density at radius 2 is 1.73 bits per heavy atom. The summed E-state index contributed by atoms with van der Waals surface area (Å²) >= 11 is 0. The number of allylic oxidation sites excluding steroid dienone is 2. The topological polar surface area (TPSA) is 80.3 Å². The van der Waals surface area contributed by atoms with E-state index in [0.29, 0.717) is 19.1 Å². The van der Waals surface area contributed by atoms with Gasteiger partial charge in [0, 0.05) is 65.4 Å². The molecule has 0 spiro atoms. The van der Waals surface area contributed by atoms with Crippen molar-refractivity contribution in [2.24, 2.45) is 28.7 Å². The van der Waals surface area contributed by atoms with Crippen LogP contribution in [0.25, 0.3) is 0 Å². The molecule has 5 atom stereocenters. The van der Waals surface area contributed by atoms with Crippen LogP contribution in [0.3, 0.4) is 0 Å². The fraction of sp³-hybridized carbons (Fsp3) is 0.762. The molecule has 5 fully saturated rings. The third-order valence-electron chi connectivity index (χ3n) is 7.53. The summed E-state index contributed by atoms with van der Waals surface area (Å²) in [5.74, 6) is 1.30. The number of halogens is 1. The van der Waals surface area contributed by atoms with Gasteiger partial charge in [-0.3, -0.25) is 29.3 Å². The van der Waals surface area contributed by atoms with E-state index in [1.54, 1.807) is 7.05 Å². The molecular formula is C21H33IN6O2. The molecule has 4 aliphatic heterocycles. The number of imide groups is 1. The molecule has 0 aromatic rings. The van der Waals surface area contributed by atoms with Gasteiger partial charge >= 0.3 is 0 Å². The van der Waals surface area contributed by atoms with Crippen LogP contribution in [-0.4, -0.2) is 97.9 Å². The van der Waals surface area contributed by atoms with Crippen LogP contribution in [0.1, 0.15) is 12.8 Å². The smallest absolute Gasteiger partial charge is 0.233 e. The van der Waals surface area contributed by atoms with Crippen molar-refractivity contribution >= 4 is 41.8 Å². The fourth-order valence-electron chi connectivity index (χ4n) is 5.98. The summed E-state index contributed by atoms with van der Waals surface area (Å²) in [7, 11) is 1.78. The molecule has 4 heterocycles.